The average Bonchev–Trinajstić information content (AvgIpc) is 3.35. The highest BCUT2D eigenvalue weighted by atomic mass is 16.3. The molecule has 154 valence electrons. The van der Waals surface area contributed by atoms with E-state index in [-0.39, 0.29) is 24.3 Å². The van der Waals surface area contributed by atoms with Crippen molar-refractivity contribution < 1.29 is 14.0 Å². The molecule has 0 saturated carbocycles. The van der Waals surface area contributed by atoms with Crippen LogP contribution in [0.15, 0.2) is 83.3 Å². The summed E-state index contributed by atoms with van der Waals surface area (Å²) in [4.78, 5) is 31.3. The Balaban J connectivity index is 1.34. The summed E-state index contributed by atoms with van der Waals surface area (Å²) in [5.41, 5.74) is 3.91. The number of oxazole rings is 1. The number of anilines is 1. The Morgan fingerprint density at radius 2 is 1.68 bits per heavy atom. The molecule has 1 fully saturated rings. The molecule has 2 heterocycles. The number of amides is 2. The zero-order valence-electron chi connectivity index (χ0n) is 17.0. The van der Waals surface area contributed by atoms with Gasteiger partial charge in [-0.2, -0.15) is 0 Å². The van der Waals surface area contributed by atoms with Gasteiger partial charge in [0.15, 0.2) is 5.58 Å². The smallest absolute Gasteiger partial charge is 0.251 e. The van der Waals surface area contributed by atoms with Gasteiger partial charge in [0.2, 0.25) is 11.8 Å². The number of aromatic nitrogens is 1. The first-order valence-electron chi connectivity index (χ1n) is 10.2. The largest absolute Gasteiger partial charge is 0.436 e. The van der Waals surface area contributed by atoms with Crippen LogP contribution in [0.5, 0.6) is 0 Å². The molecule has 0 radical (unpaired) electrons. The highest BCUT2D eigenvalue weighted by molar-refractivity contribution is 6.22. The lowest BCUT2D eigenvalue weighted by molar-refractivity contribution is -0.121. The minimum Gasteiger partial charge on any atom is -0.436 e. The predicted molar refractivity (Wildman–Crippen MR) is 118 cm³/mol. The highest BCUT2D eigenvalue weighted by Crippen LogP contribution is 2.29. The Morgan fingerprint density at radius 1 is 0.968 bits per heavy atom. The van der Waals surface area contributed by atoms with Gasteiger partial charge in [-0.1, -0.05) is 42.5 Å². The van der Waals surface area contributed by atoms with Crippen molar-refractivity contribution in [2.45, 2.75) is 25.4 Å². The summed E-state index contributed by atoms with van der Waals surface area (Å²) >= 11 is 0. The highest BCUT2D eigenvalue weighted by Gasteiger charge is 2.40. The van der Waals surface area contributed by atoms with Crippen molar-refractivity contribution in [2.75, 3.05) is 4.90 Å². The van der Waals surface area contributed by atoms with Crippen LogP contribution in [0.3, 0.4) is 0 Å². The Hall–Kier alpha value is -3.77. The van der Waals surface area contributed by atoms with Gasteiger partial charge in [0.25, 0.3) is 5.91 Å². The maximum absolute atomic E-state index is 13.0. The van der Waals surface area contributed by atoms with Crippen LogP contribution >= 0.6 is 0 Å². The lowest BCUT2D eigenvalue weighted by atomic mass is 10.1. The summed E-state index contributed by atoms with van der Waals surface area (Å²) in [5.74, 6) is 0.0582. The Kier molecular flexibility index (Phi) is 4.84. The number of nitrogens with zero attached hydrogens (tertiary/aromatic N) is 2. The van der Waals surface area contributed by atoms with Gasteiger partial charge < -0.3 is 4.42 Å². The van der Waals surface area contributed by atoms with Gasteiger partial charge in [-0.05, 0) is 48.9 Å². The number of hydrogen-bond donors (Lipinski definition) is 1. The molecular formula is C25H21N3O3. The van der Waals surface area contributed by atoms with Crippen LogP contribution in [0.1, 0.15) is 24.9 Å². The summed E-state index contributed by atoms with van der Waals surface area (Å²) in [7, 11) is 0. The molecule has 0 bridgehead atoms. The lowest BCUT2D eigenvalue weighted by Gasteiger charge is -2.19. The lowest BCUT2D eigenvalue weighted by Crippen LogP contribution is -2.39. The molecule has 2 atom stereocenters. The number of nitrogens with one attached hydrogen (secondary N) is 1. The summed E-state index contributed by atoms with van der Waals surface area (Å²) in [6.07, 6.45) is 0.142. The average molecular weight is 411 g/mol. The maximum Gasteiger partial charge on any atom is 0.251 e. The van der Waals surface area contributed by atoms with Crippen LogP contribution in [-0.4, -0.2) is 22.8 Å². The van der Waals surface area contributed by atoms with Crippen molar-refractivity contribution >= 4 is 28.6 Å². The van der Waals surface area contributed by atoms with Crippen LogP contribution in [-0.2, 0) is 9.59 Å². The molecule has 6 heteroatoms. The molecule has 1 aromatic heterocycles. The first-order valence-corrected chi connectivity index (χ1v) is 10.2. The standard InChI is InChI=1S/C25H21N3O3/c1-16(17-7-3-2-4-8-17)26-21-15-23(29)28(25(21)30)19-13-11-18(12-14-19)24-27-20-9-5-6-10-22(20)31-24/h2-14,16,21,26H,15H2,1H3. The molecule has 0 aliphatic carbocycles. The van der Waals surface area contributed by atoms with Gasteiger partial charge in [-0.15, -0.1) is 0 Å². The number of benzene rings is 3. The van der Waals surface area contributed by atoms with Gasteiger partial charge in [0, 0.05) is 11.6 Å². The fourth-order valence-electron chi connectivity index (χ4n) is 3.92. The second kappa shape index (κ2) is 7.81. The third-order valence-corrected chi connectivity index (χ3v) is 5.56. The maximum atomic E-state index is 13.0. The summed E-state index contributed by atoms with van der Waals surface area (Å²) in [6.45, 7) is 1.99. The molecule has 4 aromatic rings. The van der Waals surface area contributed by atoms with E-state index in [1.54, 1.807) is 12.1 Å². The van der Waals surface area contributed by atoms with E-state index in [1.165, 1.54) is 4.90 Å². The van der Waals surface area contributed by atoms with Crippen LogP contribution in [0.25, 0.3) is 22.6 Å². The number of para-hydroxylation sites is 2. The van der Waals surface area contributed by atoms with Gasteiger partial charge in [-0.3, -0.25) is 14.9 Å². The third kappa shape index (κ3) is 3.62. The zero-order chi connectivity index (χ0) is 21.4. The van der Waals surface area contributed by atoms with Gasteiger partial charge in [-0.25, -0.2) is 9.88 Å². The second-order valence-electron chi connectivity index (χ2n) is 7.66. The number of carbonyl (C=O) groups is 2. The molecule has 1 N–H and O–H groups in total. The van der Waals surface area contributed by atoms with Crippen LogP contribution in [0.4, 0.5) is 5.69 Å². The number of imide groups is 1. The van der Waals surface area contributed by atoms with Crippen molar-refractivity contribution in [2.24, 2.45) is 0 Å². The molecule has 1 aliphatic heterocycles. The minimum atomic E-state index is -0.542. The quantitative estimate of drug-likeness (QED) is 0.490. The summed E-state index contributed by atoms with van der Waals surface area (Å²) in [5, 5.41) is 3.29. The predicted octanol–water partition coefficient (Wildman–Crippen LogP) is 4.48. The fraction of sp³-hybridized carbons (Fsp3) is 0.160. The molecule has 2 amide bonds. The summed E-state index contributed by atoms with van der Waals surface area (Å²) in [6, 6.07) is 24.0. The van der Waals surface area contributed by atoms with Crippen molar-refractivity contribution in [1.82, 2.24) is 10.3 Å². The molecule has 5 rings (SSSR count). The van der Waals surface area contributed by atoms with E-state index in [0.717, 1.165) is 16.6 Å². The summed E-state index contributed by atoms with van der Waals surface area (Å²) < 4.78 is 5.80. The van der Waals surface area contributed by atoms with Gasteiger partial charge >= 0.3 is 0 Å². The van der Waals surface area contributed by atoms with Crippen molar-refractivity contribution in [3.63, 3.8) is 0 Å². The van der Waals surface area contributed by atoms with E-state index >= 15 is 0 Å². The topological polar surface area (TPSA) is 75.4 Å². The SMILES string of the molecule is CC(NC1CC(=O)N(c2ccc(-c3nc4ccccc4o3)cc2)C1=O)c1ccccc1. The molecule has 31 heavy (non-hydrogen) atoms. The van der Waals surface area contributed by atoms with Crippen LogP contribution < -0.4 is 10.2 Å². The molecule has 2 unspecified atom stereocenters. The zero-order valence-corrected chi connectivity index (χ0v) is 17.0. The third-order valence-electron chi connectivity index (χ3n) is 5.56. The van der Waals surface area contributed by atoms with E-state index in [1.807, 2.05) is 73.7 Å². The number of carbonyl (C=O) groups excluding carboxylic acids is 2. The van der Waals surface area contributed by atoms with Crippen LogP contribution in [0.2, 0.25) is 0 Å². The number of hydrogen-bond acceptors (Lipinski definition) is 5. The molecule has 3 aromatic carbocycles. The van der Waals surface area contributed by atoms with E-state index in [0.29, 0.717) is 17.2 Å². The molecule has 0 spiro atoms. The molecular weight excluding hydrogens is 390 g/mol. The monoisotopic (exact) mass is 411 g/mol. The first kappa shape index (κ1) is 19.2. The van der Waals surface area contributed by atoms with Crippen LogP contribution in [0, 0.1) is 0 Å². The van der Waals surface area contributed by atoms with E-state index in [4.69, 9.17) is 4.42 Å². The first-order chi connectivity index (χ1) is 15.1. The number of fused-ring (bicyclic) bond motifs is 1. The Bertz CT molecular complexity index is 1220. The van der Waals surface area contributed by atoms with Crippen molar-refractivity contribution in [1.29, 1.82) is 0 Å². The Labute approximate surface area is 179 Å². The molecule has 6 nitrogen and oxygen atoms in total. The molecule has 1 aliphatic rings. The Morgan fingerprint density at radius 3 is 2.42 bits per heavy atom. The van der Waals surface area contributed by atoms with E-state index < -0.39 is 6.04 Å². The van der Waals surface area contributed by atoms with E-state index in [2.05, 4.69) is 10.3 Å². The fourth-order valence-corrected chi connectivity index (χ4v) is 3.92. The molecule has 1 saturated heterocycles. The van der Waals surface area contributed by atoms with Crippen molar-refractivity contribution in [3.8, 4) is 11.5 Å². The number of rotatable bonds is 5. The second-order valence-corrected chi connectivity index (χ2v) is 7.66. The normalized spacial score (nSPS) is 17.5. The van der Waals surface area contributed by atoms with Gasteiger partial charge in [0.1, 0.15) is 5.52 Å². The van der Waals surface area contributed by atoms with Gasteiger partial charge in [0.05, 0.1) is 18.2 Å². The van der Waals surface area contributed by atoms with E-state index in [9.17, 15) is 9.59 Å². The van der Waals surface area contributed by atoms with Crippen molar-refractivity contribution in [3.05, 3.63) is 84.4 Å². The minimum absolute atomic E-state index is 0.0376.